The largest absolute Gasteiger partial charge is 0.368 e. The standard InChI is InChI=1S/C23H43N2/c1-20(2,3)24(21(4,5)6)18-16-14-13-15-17-19-25(22(7,8)9)23(10,11)12/h13-19H,1-12H3/q+1. The zero-order valence-electron chi connectivity index (χ0n) is 18.9. The van der Waals surface area contributed by atoms with Crippen LogP contribution in [-0.2, 0) is 0 Å². The Morgan fingerprint density at radius 3 is 1.24 bits per heavy atom. The van der Waals surface area contributed by atoms with E-state index < -0.39 is 0 Å². The molecule has 0 saturated heterocycles. The normalized spacial score (nSPS) is 14.7. The summed E-state index contributed by atoms with van der Waals surface area (Å²) in [7, 11) is 0. The molecule has 0 aliphatic carbocycles. The minimum absolute atomic E-state index is 0.103. The van der Waals surface area contributed by atoms with E-state index in [-0.39, 0.29) is 22.2 Å². The highest BCUT2D eigenvalue weighted by atomic mass is 15.2. The zero-order chi connectivity index (χ0) is 20.1. The first-order valence-electron chi connectivity index (χ1n) is 9.41. The highest BCUT2D eigenvalue weighted by molar-refractivity contribution is 5.67. The number of nitrogens with zero attached hydrogens (tertiary/aromatic N) is 2. The Bertz CT molecular complexity index is 488. The fraction of sp³-hybridized carbons (Fsp3) is 0.696. The van der Waals surface area contributed by atoms with Gasteiger partial charge in [-0.3, -0.25) is 0 Å². The molecule has 0 unspecified atom stereocenters. The van der Waals surface area contributed by atoms with Crippen LogP contribution in [-0.4, -0.2) is 37.8 Å². The van der Waals surface area contributed by atoms with Gasteiger partial charge in [0.25, 0.3) is 0 Å². The minimum Gasteiger partial charge on any atom is -0.368 e. The molecule has 0 rings (SSSR count). The molecule has 0 aromatic carbocycles. The van der Waals surface area contributed by atoms with Crippen LogP contribution in [0.1, 0.15) is 83.1 Å². The monoisotopic (exact) mass is 347 g/mol. The number of hydrogen-bond donors (Lipinski definition) is 0. The maximum absolute atomic E-state index is 2.39. The second-order valence-electron chi connectivity index (χ2n) is 10.7. The van der Waals surface area contributed by atoms with Crippen molar-refractivity contribution in [1.29, 1.82) is 0 Å². The molecule has 0 amide bonds. The van der Waals surface area contributed by atoms with Crippen molar-refractivity contribution in [3.05, 3.63) is 36.6 Å². The molecule has 0 atom stereocenters. The second kappa shape index (κ2) is 8.38. The third kappa shape index (κ3) is 9.09. The van der Waals surface area contributed by atoms with Gasteiger partial charge in [-0.05, 0) is 89.2 Å². The lowest BCUT2D eigenvalue weighted by Gasteiger charge is -2.45. The second-order valence-corrected chi connectivity index (χ2v) is 10.7. The van der Waals surface area contributed by atoms with E-state index in [0.29, 0.717) is 0 Å². The van der Waals surface area contributed by atoms with Crippen molar-refractivity contribution < 1.29 is 4.58 Å². The molecule has 0 aromatic heterocycles. The van der Waals surface area contributed by atoms with E-state index in [1.54, 1.807) is 0 Å². The molecule has 0 fully saturated rings. The van der Waals surface area contributed by atoms with E-state index in [0.717, 1.165) is 0 Å². The quantitative estimate of drug-likeness (QED) is 0.334. The van der Waals surface area contributed by atoms with Gasteiger partial charge < -0.3 is 4.90 Å². The molecular formula is C23H43N2+. The summed E-state index contributed by atoms with van der Waals surface area (Å²) in [5.74, 6) is 0. The van der Waals surface area contributed by atoms with Gasteiger partial charge in [0.2, 0.25) is 0 Å². The smallest absolute Gasteiger partial charge is 0.164 e. The average Bonchev–Trinajstić information content (AvgIpc) is 2.30. The lowest BCUT2D eigenvalue weighted by Crippen LogP contribution is -2.48. The topological polar surface area (TPSA) is 6.25 Å². The number of hydrogen-bond acceptors (Lipinski definition) is 1. The van der Waals surface area contributed by atoms with Crippen molar-refractivity contribution >= 4 is 6.21 Å². The van der Waals surface area contributed by atoms with Crippen LogP contribution < -0.4 is 0 Å². The molecule has 0 saturated carbocycles. The Morgan fingerprint density at radius 2 is 0.880 bits per heavy atom. The van der Waals surface area contributed by atoms with E-state index in [9.17, 15) is 0 Å². The SMILES string of the molecule is CC(C)(C)N(/C=C/C=C/C=C/C=[N+](C(C)(C)C)C(C)(C)C)C(C)(C)C. The first-order valence-corrected chi connectivity index (χ1v) is 9.41. The van der Waals surface area contributed by atoms with E-state index in [1.807, 2.05) is 0 Å². The predicted molar refractivity (Wildman–Crippen MR) is 115 cm³/mol. The molecule has 2 nitrogen and oxygen atoms in total. The van der Waals surface area contributed by atoms with Crippen LogP contribution in [0.3, 0.4) is 0 Å². The summed E-state index contributed by atoms with van der Waals surface area (Å²) in [6.45, 7) is 26.9. The molecule has 0 aliphatic heterocycles. The van der Waals surface area contributed by atoms with E-state index in [4.69, 9.17) is 0 Å². The molecule has 0 heterocycles. The summed E-state index contributed by atoms with van der Waals surface area (Å²) in [5.41, 5.74) is 0.413. The van der Waals surface area contributed by atoms with Crippen molar-refractivity contribution in [2.75, 3.05) is 0 Å². The molecule has 0 bridgehead atoms. The third-order valence-corrected chi connectivity index (χ3v) is 3.81. The van der Waals surface area contributed by atoms with Gasteiger partial charge in [-0.1, -0.05) is 18.2 Å². The lowest BCUT2D eigenvalue weighted by molar-refractivity contribution is -0.652. The van der Waals surface area contributed by atoms with Gasteiger partial charge in [-0.15, -0.1) is 0 Å². The van der Waals surface area contributed by atoms with Crippen LogP contribution in [0.15, 0.2) is 36.6 Å². The summed E-state index contributed by atoms with van der Waals surface area (Å²) >= 11 is 0. The highest BCUT2D eigenvalue weighted by Crippen LogP contribution is 2.25. The Balaban J connectivity index is 5.08. The van der Waals surface area contributed by atoms with Gasteiger partial charge in [0.05, 0.1) is 0 Å². The lowest BCUT2D eigenvalue weighted by atomic mass is 9.97. The zero-order valence-corrected chi connectivity index (χ0v) is 18.9. The first-order chi connectivity index (χ1) is 11.0. The summed E-state index contributed by atoms with van der Waals surface area (Å²) in [6.07, 6.45) is 14.9. The highest BCUT2D eigenvalue weighted by Gasteiger charge is 2.34. The molecule has 25 heavy (non-hydrogen) atoms. The van der Waals surface area contributed by atoms with Crippen LogP contribution in [0.4, 0.5) is 0 Å². The fourth-order valence-corrected chi connectivity index (χ4v) is 3.37. The first kappa shape index (κ1) is 23.7. The molecule has 0 spiro atoms. The van der Waals surface area contributed by atoms with Crippen LogP contribution in [0.25, 0.3) is 0 Å². The van der Waals surface area contributed by atoms with E-state index in [1.165, 1.54) is 0 Å². The molecule has 144 valence electrons. The average molecular weight is 348 g/mol. The van der Waals surface area contributed by atoms with Crippen molar-refractivity contribution in [2.45, 2.75) is 105 Å². The van der Waals surface area contributed by atoms with Crippen molar-refractivity contribution in [3.8, 4) is 0 Å². The predicted octanol–water partition coefficient (Wildman–Crippen LogP) is 6.19. The summed E-state index contributed by atoms with van der Waals surface area (Å²) in [5, 5.41) is 0. The Morgan fingerprint density at radius 1 is 0.520 bits per heavy atom. The Labute approximate surface area is 158 Å². The van der Waals surface area contributed by atoms with Gasteiger partial charge in [-0.2, -0.15) is 0 Å². The molecule has 0 aliphatic rings. The van der Waals surface area contributed by atoms with Crippen molar-refractivity contribution in [3.63, 3.8) is 0 Å². The van der Waals surface area contributed by atoms with Crippen molar-refractivity contribution in [1.82, 2.24) is 4.90 Å². The van der Waals surface area contributed by atoms with Gasteiger partial charge in [-0.25, -0.2) is 4.58 Å². The number of rotatable bonds is 4. The van der Waals surface area contributed by atoms with Gasteiger partial charge in [0.15, 0.2) is 17.3 Å². The Kier molecular flexibility index (Phi) is 7.94. The van der Waals surface area contributed by atoms with Crippen LogP contribution in [0.5, 0.6) is 0 Å². The van der Waals surface area contributed by atoms with E-state index in [2.05, 4.69) is 135 Å². The molecule has 0 radical (unpaired) electrons. The van der Waals surface area contributed by atoms with Crippen LogP contribution in [0.2, 0.25) is 0 Å². The van der Waals surface area contributed by atoms with Crippen molar-refractivity contribution in [2.24, 2.45) is 0 Å². The summed E-state index contributed by atoms with van der Waals surface area (Å²) < 4.78 is 2.39. The van der Waals surface area contributed by atoms with Gasteiger partial charge >= 0.3 is 0 Å². The van der Waals surface area contributed by atoms with E-state index >= 15 is 0 Å². The minimum atomic E-state index is 0.103. The fourth-order valence-electron chi connectivity index (χ4n) is 3.37. The third-order valence-electron chi connectivity index (χ3n) is 3.81. The maximum atomic E-state index is 2.39. The summed E-state index contributed by atoms with van der Waals surface area (Å²) in [4.78, 5) is 2.39. The van der Waals surface area contributed by atoms with Gasteiger partial charge in [0.1, 0.15) is 0 Å². The van der Waals surface area contributed by atoms with Crippen LogP contribution >= 0.6 is 0 Å². The summed E-state index contributed by atoms with van der Waals surface area (Å²) in [6, 6.07) is 0. The number of allylic oxidation sites excluding steroid dienone is 5. The molecule has 2 heteroatoms. The molecule has 0 N–H and O–H groups in total. The Hall–Kier alpha value is -1.31. The van der Waals surface area contributed by atoms with Gasteiger partial charge in [0, 0.05) is 23.4 Å². The molecule has 0 aromatic rings. The molecular weight excluding hydrogens is 304 g/mol. The van der Waals surface area contributed by atoms with Crippen LogP contribution in [0, 0.1) is 0 Å². The maximum Gasteiger partial charge on any atom is 0.164 e.